The number of rotatable bonds is 8. The van der Waals surface area contributed by atoms with Crippen LogP contribution < -0.4 is 10.6 Å². The van der Waals surface area contributed by atoms with Crippen molar-refractivity contribution in [2.45, 2.75) is 32.3 Å². The molecule has 192 valence electrons. The van der Waals surface area contributed by atoms with Crippen LogP contribution >= 0.6 is 0 Å². The molecular formula is C27H37N7O2. The van der Waals surface area contributed by atoms with E-state index in [9.17, 15) is 4.79 Å². The Hall–Kier alpha value is -3.01. The Morgan fingerprint density at radius 1 is 1.08 bits per heavy atom. The number of fused-ring (bicyclic) bond motifs is 1. The van der Waals surface area contributed by atoms with Crippen LogP contribution in [0.2, 0.25) is 0 Å². The highest BCUT2D eigenvalue weighted by Crippen LogP contribution is 2.29. The molecule has 0 saturated carbocycles. The van der Waals surface area contributed by atoms with E-state index in [-0.39, 0.29) is 12.0 Å². The molecule has 2 aliphatic rings. The second-order valence-corrected chi connectivity index (χ2v) is 9.83. The van der Waals surface area contributed by atoms with Gasteiger partial charge in [-0.15, -0.1) is 5.10 Å². The van der Waals surface area contributed by atoms with E-state index < -0.39 is 0 Å². The first-order valence-electron chi connectivity index (χ1n) is 13.1. The molecule has 1 unspecified atom stereocenters. The number of pyridine rings is 1. The Kier molecular flexibility index (Phi) is 7.79. The van der Waals surface area contributed by atoms with Crippen molar-refractivity contribution in [1.29, 1.82) is 0 Å². The Morgan fingerprint density at radius 2 is 1.89 bits per heavy atom. The van der Waals surface area contributed by atoms with Gasteiger partial charge in [-0.25, -0.2) is 4.68 Å². The number of ether oxygens (including phenoxy) is 1. The van der Waals surface area contributed by atoms with Gasteiger partial charge in [-0.2, -0.15) is 0 Å². The largest absolute Gasteiger partial charge is 0.373 e. The maximum atomic E-state index is 12.4. The summed E-state index contributed by atoms with van der Waals surface area (Å²) in [6.45, 7) is 9.24. The number of anilines is 1. The predicted octanol–water partition coefficient (Wildman–Crippen LogP) is 2.21. The monoisotopic (exact) mass is 491 g/mol. The van der Waals surface area contributed by atoms with Gasteiger partial charge >= 0.3 is 0 Å². The Balaban J connectivity index is 1.23. The molecule has 2 aliphatic heterocycles. The topological polar surface area (TPSA) is 92.8 Å². The van der Waals surface area contributed by atoms with Crippen molar-refractivity contribution < 1.29 is 9.53 Å². The maximum absolute atomic E-state index is 12.4. The van der Waals surface area contributed by atoms with Gasteiger partial charge in [-0.05, 0) is 44.5 Å². The highest BCUT2D eigenvalue weighted by Gasteiger charge is 2.28. The van der Waals surface area contributed by atoms with Gasteiger partial charge in [0.05, 0.1) is 30.1 Å². The third-order valence-corrected chi connectivity index (χ3v) is 7.21. The Labute approximate surface area is 212 Å². The minimum atomic E-state index is 0.104. The number of carbonyl (C=O) groups is 1. The lowest BCUT2D eigenvalue weighted by atomic mass is 10.2. The van der Waals surface area contributed by atoms with Gasteiger partial charge in [0.1, 0.15) is 0 Å². The summed E-state index contributed by atoms with van der Waals surface area (Å²) < 4.78 is 8.16. The zero-order valence-corrected chi connectivity index (χ0v) is 21.2. The lowest BCUT2D eigenvalue weighted by Gasteiger charge is -2.39. The highest BCUT2D eigenvalue weighted by atomic mass is 16.5. The molecule has 1 aromatic carbocycles. The number of nitrogens with two attached hydrogens (primary N) is 1. The first kappa shape index (κ1) is 24.7. The quantitative estimate of drug-likeness (QED) is 0.483. The molecule has 0 radical (unpaired) electrons. The number of benzene rings is 1. The van der Waals surface area contributed by atoms with Crippen molar-refractivity contribution in [2.24, 2.45) is 5.73 Å². The summed E-state index contributed by atoms with van der Waals surface area (Å²) in [5.41, 5.74) is 8.81. The van der Waals surface area contributed by atoms with Crippen molar-refractivity contribution in [1.82, 2.24) is 24.6 Å². The molecule has 2 saturated heterocycles. The van der Waals surface area contributed by atoms with E-state index >= 15 is 0 Å². The summed E-state index contributed by atoms with van der Waals surface area (Å²) in [6, 6.07) is 10.5. The van der Waals surface area contributed by atoms with Crippen molar-refractivity contribution in [3.05, 3.63) is 48.3 Å². The second kappa shape index (κ2) is 11.4. The van der Waals surface area contributed by atoms with Gasteiger partial charge in [0.15, 0.2) is 5.82 Å². The predicted molar refractivity (Wildman–Crippen MR) is 141 cm³/mol. The summed E-state index contributed by atoms with van der Waals surface area (Å²) in [4.78, 5) is 23.5. The fourth-order valence-corrected chi connectivity index (χ4v) is 5.13. The molecule has 1 atom stereocenters. The van der Waals surface area contributed by atoms with Gasteiger partial charge in [0.2, 0.25) is 5.91 Å². The molecule has 2 N–H and O–H groups in total. The standard InChI is InChI=1S/C27H37N7O2/c1-21-5-7-22(8-6-21)34-25-18-29-11-9-24(25)27(30-34)33-16-17-36-23(20-33)19-31-12-14-32(15-13-31)26(35)4-2-3-10-28/h5-9,11,18,23H,2-4,10,12-17,19-20,28H2,1H3. The molecule has 2 aromatic heterocycles. The van der Waals surface area contributed by atoms with E-state index in [1.807, 2.05) is 22.0 Å². The molecule has 9 nitrogen and oxygen atoms in total. The molecule has 1 amide bonds. The van der Waals surface area contributed by atoms with Crippen LogP contribution in [0.3, 0.4) is 0 Å². The minimum absolute atomic E-state index is 0.104. The molecule has 2 fully saturated rings. The van der Waals surface area contributed by atoms with E-state index in [1.54, 1.807) is 0 Å². The zero-order valence-electron chi connectivity index (χ0n) is 21.2. The number of nitrogens with zero attached hydrogens (tertiary/aromatic N) is 6. The van der Waals surface area contributed by atoms with Crippen LogP contribution in [0.1, 0.15) is 24.8 Å². The molecule has 0 aliphatic carbocycles. The summed E-state index contributed by atoms with van der Waals surface area (Å²) in [7, 11) is 0. The van der Waals surface area contributed by atoms with Crippen LogP contribution in [0.4, 0.5) is 5.82 Å². The maximum Gasteiger partial charge on any atom is 0.222 e. The van der Waals surface area contributed by atoms with E-state index in [4.69, 9.17) is 15.6 Å². The van der Waals surface area contributed by atoms with Gasteiger partial charge in [-0.3, -0.25) is 14.7 Å². The number of morpholine rings is 1. The second-order valence-electron chi connectivity index (χ2n) is 9.83. The molecule has 36 heavy (non-hydrogen) atoms. The van der Waals surface area contributed by atoms with Crippen LogP contribution in [0.15, 0.2) is 42.7 Å². The fourth-order valence-electron chi connectivity index (χ4n) is 5.13. The molecule has 5 rings (SSSR count). The number of hydrogen-bond acceptors (Lipinski definition) is 7. The first-order chi connectivity index (χ1) is 17.6. The van der Waals surface area contributed by atoms with Crippen molar-refractivity contribution in [3.63, 3.8) is 0 Å². The van der Waals surface area contributed by atoms with Crippen LogP contribution in [-0.4, -0.2) is 95.5 Å². The first-order valence-corrected chi connectivity index (χ1v) is 13.1. The molecule has 4 heterocycles. The van der Waals surface area contributed by atoms with Crippen LogP contribution in [0.5, 0.6) is 0 Å². The number of amides is 1. The van der Waals surface area contributed by atoms with Crippen molar-refractivity contribution >= 4 is 22.6 Å². The van der Waals surface area contributed by atoms with Crippen LogP contribution in [0, 0.1) is 6.92 Å². The SMILES string of the molecule is Cc1ccc(-n2nc(N3CCOC(CN4CCN(C(=O)CCCCN)CC4)C3)c3ccncc32)cc1. The number of unbranched alkanes of at least 4 members (excludes halogenated alkanes) is 1. The molecular weight excluding hydrogens is 454 g/mol. The molecule has 9 heteroatoms. The summed E-state index contributed by atoms with van der Waals surface area (Å²) in [6.07, 6.45) is 6.23. The van der Waals surface area contributed by atoms with Gasteiger partial charge in [-0.1, -0.05) is 17.7 Å². The lowest BCUT2D eigenvalue weighted by molar-refractivity contribution is -0.133. The van der Waals surface area contributed by atoms with Gasteiger partial charge < -0.3 is 20.3 Å². The fraction of sp³-hybridized carbons (Fsp3) is 0.519. The van der Waals surface area contributed by atoms with E-state index in [1.165, 1.54) is 5.56 Å². The average molecular weight is 492 g/mol. The molecule has 0 spiro atoms. The zero-order chi connectivity index (χ0) is 24.9. The smallest absolute Gasteiger partial charge is 0.222 e. The third-order valence-electron chi connectivity index (χ3n) is 7.21. The van der Waals surface area contributed by atoms with Gasteiger partial charge in [0, 0.05) is 63.8 Å². The Morgan fingerprint density at radius 3 is 2.67 bits per heavy atom. The van der Waals surface area contributed by atoms with Gasteiger partial charge in [0.25, 0.3) is 0 Å². The van der Waals surface area contributed by atoms with Crippen molar-refractivity contribution in [3.8, 4) is 5.69 Å². The average Bonchev–Trinajstić information content (AvgIpc) is 3.30. The van der Waals surface area contributed by atoms with E-state index in [2.05, 4.69) is 52.0 Å². The normalized spacial score (nSPS) is 19.2. The number of hydrogen-bond donors (Lipinski definition) is 1. The lowest BCUT2D eigenvalue weighted by Crippen LogP contribution is -2.53. The summed E-state index contributed by atoms with van der Waals surface area (Å²) in [5, 5.41) is 6.14. The highest BCUT2D eigenvalue weighted by molar-refractivity contribution is 5.91. The number of carbonyl (C=O) groups excluding carboxylic acids is 1. The third kappa shape index (κ3) is 5.53. The van der Waals surface area contributed by atoms with E-state index in [0.29, 0.717) is 19.6 Å². The minimum Gasteiger partial charge on any atom is -0.373 e. The van der Waals surface area contributed by atoms with Crippen LogP contribution in [-0.2, 0) is 9.53 Å². The number of aryl methyl sites for hydroxylation is 1. The molecule has 3 aromatic rings. The Bertz CT molecular complexity index is 1150. The van der Waals surface area contributed by atoms with Crippen molar-refractivity contribution in [2.75, 3.05) is 63.9 Å². The summed E-state index contributed by atoms with van der Waals surface area (Å²) >= 11 is 0. The van der Waals surface area contributed by atoms with E-state index in [0.717, 1.165) is 81.1 Å². The molecule has 0 bridgehead atoms. The number of aromatic nitrogens is 3. The summed E-state index contributed by atoms with van der Waals surface area (Å²) in [5.74, 6) is 1.24. The number of piperazine rings is 1. The van der Waals surface area contributed by atoms with Crippen LogP contribution in [0.25, 0.3) is 16.6 Å².